The first-order valence-corrected chi connectivity index (χ1v) is 15.8. The molecule has 2 saturated heterocycles. The van der Waals surface area contributed by atoms with Gasteiger partial charge in [0.15, 0.2) is 0 Å². The first-order chi connectivity index (χ1) is 21.2. The molecule has 3 aromatic rings. The molecule has 2 bridgehead atoms. The Hall–Kier alpha value is -3.42. The van der Waals surface area contributed by atoms with Gasteiger partial charge in [-0.1, -0.05) is 94.5 Å². The van der Waals surface area contributed by atoms with E-state index in [0.29, 0.717) is 27.8 Å². The lowest BCUT2D eigenvalue weighted by Gasteiger charge is -2.51. The third-order valence-electron chi connectivity index (χ3n) is 9.95. The third-order valence-corrected chi connectivity index (χ3v) is 11.4. The zero-order valence-corrected chi connectivity index (χ0v) is 25.8. The molecule has 220 valence electrons. The normalized spacial score (nSPS) is 30.3. The zero-order valence-electron chi connectivity index (χ0n) is 22.8. The van der Waals surface area contributed by atoms with Gasteiger partial charge in [0.25, 0.3) is 0 Å². The summed E-state index contributed by atoms with van der Waals surface area (Å²) >= 11 is 24.8. The summed E-state index contributed by atoms with van der Waals surface area (Å²) in [6.45, 7) is 0. The van der Waals surface area contributed by atoms with Gasteiger partial charge in [-0.3, -0.25) is 19.2 Å². The van der Waals surface area contributed by atoms with Gasteiger partial charge in [-0.25, -0.2) is 9.80 Å². The van der Waals surface area contributed by atoms with Crippen molar-refractivity contribution < 1.29 is 19.2 Å². The molecule has 0 unspecified atom stereocenters. The number of amides is 4. The highest BCUT2D eigenvalue weighted by Gasteiger charge is 2.67. The van der Waals surface area contributed by atoms with Crippen LogP contribution in [0.1, 0.15) is 12.0 Å². The molecule has 0 radical (unpaired) electrons. The van der Waals surface area contributed by atoms with Gasteiger partial charge in [-0.15, -0.1) is 0 Å². The first kappa shape index (κ1) is 28.1. The number of fused-ring (bicyclic) bond motifs is 1. The predicted octanol–water partition coefficient (Wildman–Crippen LogP) is 7.50. The second-order valence-corrected chi connectivity index (χ2v) is 13.6. The van der Waals surface area contributed by atoms with Crippen LogP contribution >= 0.6 is 46.4 Å². The minimum atomic E-state index is -0.695. The summed E-state index contributed by atoms with van der Waals surface area (Å²) in [6, 6.07) is 19.2. The summed E-state index contributed by atoms with van der Waals surface area (Å²) in [4.78, 5) is 59.1. The maximum Gasteiger partial charge on any atom is 0.238 e. The average Bonchev–Trinajstić information content (AvgIpc) is 3.45. The van der Waals surface area contributed by atoms with Gasteiger partial charge in [0.05, 0.1) is 55.1 Å². The van der Waals surface area contributed by atoms with Crippen molar-refractivity contribution in [2.24, 2.45) is 41.4 Å². The van der Waals surface area contributed by atoms with E-state index >= 15 is 0 Å². The zero-order chi connectivity index (χ0) is 30.6. The molecule has 44 heavy (non-hydrogen) atoms. The van der Waals surface area contributed by atoms with Crippen LogP contribution in [0, 0.1) is 41.4 Å². The maximum atomic E-state index is 14.3. The molecule has 2 heterocycles. The van der Waals surface area contributed by atoms with Gasteiger partial charge in [0.1, 0.15) is 0 Å². The average molecular weight is 664 g/mol. The Morgan fingerprint density at radius 1 is 0.568 bits per heavy atom. The molecule has 0 spiro atoms. The molecule has 4 amide bonds. The van der Waals surface area contributed by atoms with E-state index in [1.165, 1.54) is 21.9 Å². The van der Waals surface area contributed by atoms with E-state index in [9.17, 15) is 19.2 Å². The number of benzene rings is 3. The molecule has 10 heteroatoms. The number of nitrogens with zero attached hydrogens (tertiary/aromatic N) is 2. The van der Waals surface area contributed by atoms with Crippen molar-refractivity contribution in [1.29, 1.82) is 0 Å². The number of carbonyl (C=O) groups excluding carboxylic acids is 4. The quantitative estimate of drug-likeness (QED) is 0.215. The molecule has 1 saturated carbocycles. The Bertz CT molecular complexity index is 1890. The lowest BCUT2D eigenvalue weighted by Crippen LogP contribution is -2.51. The Labute approximate surface area is 272 Å². The van der Waals surface area contributed by atoms with Crippen LogP contribution in [0.25, 0.3) is 5.57 Å². The number of carbonyl (C=O) groups is 4. The smallest absolute Gasteiger partial charge is 0.238 e. The van der Waals surface area contributed by atoms with E-state index in [2.05, 4.69) is 0 Å². The number of imide groups is 2. The summed E-state index contributed by atoms with van der Waals surface area (Å²) in [7, 11) is 0. The fraction of sp³-hybridized carbons (Fsp3) is 0.235. The summed E-state index contributed by atoms with van der Waals surface area (Å²) < 4.78 is 0. The molecular formula is C34H22Cl4N2O4. The molecule has 3 fully saturated rings. The van der Waals surface area contributed by atoms with Crippen molar-refractivity contribution in [3.63, 3.8) is 0 Å². The van der Waals surface area contributed by atoms with Crippen LogP contribution in [-0.2, 0) is 19.2 Å². The van der Waals surface area contributed by atoms with E-state index in [4.69, 9.17) is 46.4 Å². The molecule has 9 rings (SSSR count). The predicted molar refractivity (Wildman–Crippen MR) is 169 cm³/mol. The Balaban J connectivity index is 1.28. The van der Waals surface area contributed by atoms with Crippen molar-refractivity contribution >= 4 is 87.0 Å². The molecule has 2 aliphatic heterocycles. The third kappa shape index (κ3) is 3.81. The van der Waals surface area contributed by atoms with Gasteiger partial charge in [0.2, 0.25) is 23.6 Å². The fourth-order valence-electron chi connectivity index (χ4n) is 8.27. The van der Waals surface area contributed by atoms with Crippen LogP contribution in [0.3, 0.4) is 0 Å². The van der Waals surface area contributed by atoms with Crippen LogP contribution in [0.15, 0.2) is 84.5 Å². The second-order valence-electron chi connectivity index (χ2n) is 11.9. The SMILES string of the molecule is O=C1[C@H]2[C@@H]3C=C[C@H](C4=C(c5ccccc5)C[C@@H]5C(=O)N(c6ccc(Cl)c(Cl)c6)C(=O)[C@H]5[C@H]43)[C@H]2C(=O)N1c1ccc(Cl)c(Cl)c1. The highest BCUT2D eigenvalue weighted by Crippen LogP contribution is 2.63. The van der Waals surface area contributed by atoms with Gasteiger partial charge in [-0.05, 0) is 59.9 Å². The second kappa shape index (κ2) is 10.0. The van der Waals surface area contributed by atoms with E-state index in [-0.39, 0.29) is 33.7 Å². The molecule has 3 aromatic carbocycles. The number of hydrogen-bond donors (Lipinski definition) is 0. The molecule has 4 aliphatic carbocycles. The summed E-state index contributed by atoms with van der Waals surface area (Å²) in [5.41, 5.74) is 3.59. The van der Waals surface area contributed by atoms with Crippen LogP contribution in [0.5, 0.6) is 0 Å². The minimum absolute atomic E-state index is 0.239. The number of allylic oxidation sites excluding steroid dienone is 4. The molecule has 0 aromatic heterocycles. The monoisotopic (exact) mass is 662 g/mol. The van der Waals surface area contributed by atoms with Crippen molar-refractivity contribution in [1.82, 2.24) is 0 Å². The van der Waals surface area contributed by atoms with Crippen molar-refractivity contribution in [3.05, 3.63) is 110 Å². The van der Waals surface area contributed by atoms with E-state index < -0.39 is 41.4 Å². The van der Waals surface area contributed by atoms with Crippen LogP contribution < -0.4 is 9.80 Å². The lowest BCUT2D eigenvalue weighted by molar-refractivity contribution is -0.129. The molecule has 0 N–H and O–H groups in total. The van der Waals surface area contributed by atoms with Crippen LogP contribution in [-0.4, -0.2) is 23.6 Å². The summed E-state index contributed by atoms with van der Waals surface area (Å²) in [5.74, 6) is -5.21. The highest BCUT2D eigenvalue weighted by atomic mass is 35.5. The van der Waals surface area contributed by atoms with Crippen molar-refractivity contribution in [2.45, 2.75) is 6.42 Å². The first-order valence-electron chi connectivity index (χ1n) is 14.3. The maximum absolute atomic E-state index is 14.3. The van der Waals surface area contributed by atoms with Gasteiger partial charge >= 0.3 is 0 Å². The number of rotatable bonds is 3. The fourth-order valence-corrected chi connectivity index (χ4v) is 8.86. The van der Waals surface area contributed by atoms with Crippen molar-refractivity contribution in [2.75, 3.05) is 9.80 Å². The standard InChI is InChI=1S/C34H22Cl4N2O4/c35-22-10-6-16(12-24(22)37)39-31(41)21-14-20(15-4-2-1-3-5-15)26-18-8-9-19(27(26)30(21)34(39)44)29-28(18)32(42)40(33(29)43)17-7-11-23(36)25(38)13-17/h1-13,18-19,21,27-30H,14H2/t18-,19-,21+,27+,28-,29+,30-/m1/s1. The summed E-state index contributed by atoms with van der Waals surface area (Å²) in [6.07, 6.45) is 4.34. The van der Waals surface area contributed by atoms with Crippen LogP contribution in [0.2, 0.25) is 20.1 Å². The topological polar surface area (TPSA) is 74.8 Å². The Morgan fingerprint density at radius 2 is 1.14 bits per heavy atom. The molecule has 7 atom stereocenters. The van der Waals surface area contributed by atoms with Gasteiger partial charge in [0, 0.05) is 11.8 Å². The molecule has 6 nitrogen and oxygen atoms in total. The van der Waals surface area contributed by atoms with E-state index in [1.807, 2.05) is 42.5 Å². The van der Waals surface area contributed by atoms with E-state index in [1.54, 1.807) is 24.3 Å². The Kier molecular flexibility index (Phi) is 6.41. The highest BCUT2D eigenvalue weighted by molar-refractivity contribution is 6.43. The van der Waals surface area contributed by atoms with Crippen molar-refractivity contribution in [3.8, 4) is 0 Å². The van der Waals surface area contributed by atoms with Crippen LogP contribution in [0.4, 0.5) is 11.4 Å². The number of hydrogen-bond acceptors (Lipinski definition) is 4. The van der Waals surface area contributed by atoms with Gasteiger partial charge < -0.3 is 0 Å². The minimum Gasteiger partial charge on any atom is -0.274 e. The molecule has 6 aliphatic rings. The Morgan fingerprint density at radius 3 is 1.75 bits per heavy atom. The largest absolute Gasteiger partial charge is 0.274 e. The van der Waals surface area contributed by atoms with Gasteiger partial charge in [-0.2, -0.15) is 0 Å². The van der Waals surface area contributed by atoms with E-state index in [0.717, 1.165) is 16.7 Å². The lowest BCUT2D eigenvalue weighted by atomic mass is 9.49. The summed E-state index contributed by atoms with van der Waals surface area (Å²) in [5, 5.41) is 1.12. The number of halogens is 4. The molecular weight excluding hydrogens is 642 g/mol. The number of anilines is 2.